The molecular weight excluding hydrogens is 388 g/mol. The van der Waals surface area contributed by atoms with Crippen LogP contribution in [0.1, 0.15) is 18.7 Å². The van der Waals surface area contributed by atoms with E-state index >= 15 is 0 Å². The van der Waals surface area contributed by atoms with Gasteiger partial charge < -0.3 is 9.42 Å². The lowest BCUT2D eigenvalue weighted by Gasteiger charge is -2.33. The van der Waals surface area contributed by atoms with Crippen LogP contribution in [0.4, 0.5) is 5.69 Å². The SMILES string of the molecule is CN(C(=O)C1CCCN(Cc2nc(-c3cccc(Cl)c3)no2)C1)c1ccccc1. The zero-order chi connectivity index (χ0) is 20.2. The zero-order valence-corrected chi connectivity index (χ0v) is 17.0. The number of carbonyl (C=O) groups excluding carboxylic acids is 1. The van der Waals surface area contributed by atoms with Crippen LogP contribution in [-0.2, 0) is 11.3 Å². The standard InChI is InChI=1S/C22H23ClN4O2/c1-26(19-10-3-2-4-11-19)22(28)17-8-6-12-27(14-17)15-20-24-21(25-29-20)16-7-5-9-18(23)13-16/h2-5,7,9-11,13,17H,6,8,12,14-15H2,1H3. The zero-order valence-electron chi connectivity index (χ0n) is 16.3. The first kappa shape index (κ1) is 19.6. The van der Waals surface area contributed by atoms with Gasteiger partial charge in [0.1, 0.15) is 0 Å². The van der Waals surface area contributed by atoms with E-state index in [1.807, 2.05) is 61.6 Å². The molecular formula is C22H23ClN4O2. The Morgan fingerprint density at radius 1 is 1.24 bits per heavy atom. The van der Waals surface area contributed by atoms with E-state index in [9.17, 15) is 4.79 Å². The molecule has 6 nitrogen and oxygen atoms in total. The largest absolute Gasteiger partial charge is 0.338 e. The number of carbonyl (C=O) groups is 1. The second kappa shape index (κ2) is 8.76. The predicted molar refractivity (Wildman–Crippen MR) is 113 cm³/mol. The van der Waals surface area contributed by atoms with Gasteiger partial charge in [-0.05, 0) is 43.7 Å². The summed E-state index contributed by atoms with van der Waals surface area (Å²) in [5.74, 6) is 1.18. The molecule has 29 heavy (non-hydrogen) atoms. The number of nitrogens with zero attached hydrogens (tertiary/aromatic N) is 4. The summed E-state index contributed by atoms with van der Waals surface area (Å²) >= 11 is 6.04. The fraction of sp³-hybridized carbons (Fsp3) is 0.318. The number of rotatable bonds is 5. The lowest BCUT2D eigenvalue weighted by molar-refractivity contribution is -0.123. The second-order valence-electron chi connectivity index (χ2n) is 7.33. The van der Waals surface area contributed by atoms with E-state index in [1.165, 1.54) is 0 Å². The van der Waals surface area contributed by atoms with Gasteiger partial charge >= 0.3 is 0 Å². The van der Waals surface area contributed by atoms with Gasteiger partial charge in [-0.2, -0.15) is 4.98 Å². The highest BCUT2D eigenvalue weighted by Crippen LogP contribution is 2.24. The van der Waals surface area contributed by atoms with Gasteiger partial charge in [0.2, 0.25) is 17.6 Å². The summed E-state index contributed by atoms with van der Waals surface area (Å²) in [6.45, 7) is 2.13. The smallest absolute Gasteiger partial charge is 0.241 e. The first-order valence-electron chi connectivity index (χ1n) is 9.73. The van der Waals surface area contributed by atoms with Crippen LogP contribution in [0.3, 0.4) is 0 Å². The molecule has 1 aliphatic heterocycles. The van der Waals surface area contributed by atoms with Crippen LogP contribution in [0.5, 0.6) is 0 Å². The number of halogens is 1. The molecule has 4 rings (SSSR count). The van der Waals surface area contributed by atoms with Crippen LogP contribution in [0, 0.1) is 5.92 Å². The van der Waals surface area contributed by atoms with E-state index in [-0.39, 0.29) is 11.8 Å². The highest BCUT2D eigenvalue weighted by molar-refractivity contribution is 6.30. The van der Waals surface area contributed by atoms with Gasteiger partial charge in [-0.3, -0.25) is 9.69 Å². The van der Waals surface area contributed by atoms with Crippen molar-refractivity contribution in [1.82, 2.24) is 15.0 Å². The van der Waals surface area contributed by atoms with Crippen molar-refractivity contribution in [1.29, 1.82) is 0 Å². The lowest BCUT2D eigenvalue weighted by Crippen LogP contribution is -2.43. The van der Waals surface area contributed by atoms with E-state index in [0.717, 1.165) is 30.6 Å². The fourth-order valence-corrected chi connectivity index (χ4v) is 3.90. The van der Waals surface area contributed by atoms with E-state index in [1.54, 1.807) is 4.90 Å². The topological polar surface area (TPSA) is 62.5 Å². The molecule has 2 heterocycles. The molecule has 1 fully saturated rings. The third-order valence-electron chi connectivity index (χ3n) is 5.24. The average Bonchev–Trinajstić information content (AvgIpc) is 3.22. The Morgan fingerprint density at radius 3 is 2.86 bits per heavy atom. The Balaban J connectivity index is 1.40. The van der Waals surface area contributed by atoms with Crippen LogP contribution in [0.2, 0.25) is 5.02 Å². The minimum absolute atomic E-state index is 0.0377. The number of aromatic nitrogens is 2. The minimum Gasteiger partial charge on any atom is -0.338 e. The summed E-state index contributed by atoms with van der Waals surface area (Å²) in [6, 6.07) is 17.1. The number of hydrogen-bond donors (Lipinski definition) is 0. The molecule has 0 aliphatic carbocycles. The Hall–Kier alpha value is -2.70. The van der Waals surface area contributed by atoms with Crippen molar-refractivity contribution in [3.63, 3.8) is 0 Å². The van der Waals surface area contributed by atoms with Crippen molar-refractivity contribution in [2.24, 2.45) is 5.92 Å². The molecule has 1 saturated heterocycles. The maximum atomic E-state index is 13.0. The molecule has 0 saturated carbocycles. The number of amides is 1. The summed E-state index contributed by atoms with van der Waals surface area (Å²) in [4.78, 5) is 21.4. The molecule has 0 radical (unpaired) electrons. The monoisotopic (exact) mass is 410 g/mol. The lowest BCUT2D eigenvalue weighted by atomic mass is 9.96. The Kier molecular flexibility index (Phi) is 5.92. The van der Waals surface area contributed by atoms with Crippen molar-refractivity contribution in [3.05, 3.63) is 65.5 Å². The second-order valence-corrected chi connectivity index (χ2v) is 7.77. The predicted octanol–water partition coefficient (Wildman–Crippen LogP) is 4.27. The van der Waals surface area contributed by atoms with Gasteiger partial charge in [0.15, 0.2) is 0 Å². The molecule has 1 unspecified atom stereocenters. The molecule has 2 aromatic carbocycles. The molecule has 1 aromatic heterocycles. The van der Waals surface area contributed by atoms with Crippen molar-refractivity contribution < 1.29 is 9.32 Å². The van der Waals surface area contributed by atoms with Crippen LogP contribution < -0.4 is 4.90 Å². The number of likely N-dealkylation sites (tertiary alicyclic amines) is 1. The molecule has 0 N–H and O–H groups in total. The van der Waals surface area contributed by atoms with Crippen LogP contribution in [0.25, 0.3) is 11.4 Å². The highest BCUT2D eigenvalue weighted by Gasteiger charge is 2.29. The van der Waals surface area contributed by atoms with E-state index in [2.05, 4.69) is 15.0 Å². The van der Waals surface area contributed by atoms with Gasteiger partial charge in [0, 0.05) is 29.9 Å². The van der Waals surface area contributed by atoms with Gasteiger partial charge in [-0.15, -0.1) is 0 Å². The summed E-state index contributed by atoms with van der Waals surface area (Å²) in [5.41, 5.74) is 1.74. The number of piperidine rings is 1. The fourth-order valence-electron chi connectivity index (χ4n) is 3.71. The Labute approximate surface area is 175 Å². The minimum atomic E-state index is -0.0377. The van der Waals surface area contributed by atoms with Gasteiger partial charge in [-0.25, -0.2) is 0 Å². The summed E-state index contributed by atoms with van der Waals surface area (Å²) in [6.07, 6.45) is 1.86. The summed E-state index contributed by atoms with van der Waals surface area (Å²) in [7, 11) is 1.84. The normalized spacial score (nSPS) is 17.2. The number of para-hydroxylation sites is 1. The van der Waals surface area contributed by atoms with E-state index in [4.69, 9.17) is 16.1 Å². The molecule has 150 valence electrons. The number of benzene rings is 2. The molecule has 0 spiro atoms. The highest BCUT2D eigenvalue weighted by atomic mass is 35.5. The molecule has 0 bridgehead atoms. The first-order valence-corrected chi connectivity index (χ1v) is 10.1. The van der Waals surface area contributed by atoms with Gasteiger partial charge in [0.25, 0.3) is 0 Å². The number of hydrogen-bond acceptors (Lipinski definition) is 5. The maximum Gasteiger partial charge on any atom is 0.241 e. The third-order valence-corrected chi connectivity index (χ3v) is 5.47. The molecule has 1 aliphatic rings. The molecule has 1 atom stereocenters. The third kappa shape index (κ3) is 4.66. The van der Waals surface area contributed by atoms with Crippen molar-refractivity contribution in [2.75, 3.05) is 25.0 Å². The molecule has 3 aromatic rings. The van der Waals surface area contributed by atoms with Gasteiger partial charge in [0.05, 0.1) is 12.5 Å². The van der Waals surface area contributed by atoms with Crippen LogP contribution >= 0.6 is 11.6 Å². The van der Waals surface area contributed by atoms with Crippen molar-refractivity contribution in [2.45, 2.75) is 19.4 Å². The average molecular weight is 411 g/mol. The van der Waals surface area contributed by atoms with Crippen LogP contribution in [0.15, 0.2) is 59.1 Å². The summed E-state index contributed by atoms with van der Waals surface area (Å²) in [5, 5.41) is 4.70. The van der Waals surface area contributed by atoms with E-state index < -0.39 is 0 Å². The van der Waals surface area contributed by atoms with Gasteiger partial charge in [-0.1, -0.05) is 47.1 Å². The van der Waals surface area contributed by atoms with Crippen LogP contribution in [-0.4, -0.2) is 41.1 Å². The van der Waals surface area contributed by atoms with Crippen molar-refractivity contribution in [3.8, 4) is 11.4 Å². The quantitative estimate of drug-likeness (QED) is 0.628. The van der Waals surface area contributed by atoms with E-state index in [0.29, 0.717) is 29.8 Å². The Bertz CT molecular complexity index is 976. The molecule has 1 amide bonds. The maximum absolute atomic E-state index is 13.0. The summed E-state index contributed by atoms with van der Waals surface area (Å²) < 4.78 is 5.43. The van der Waals surface area contributed by atoms with Crippen molar-refractivity contribution >= 4 is 23.2 Å². The Morgan fingerprint density at radius 2 is 2.07 bits per heavy atom. The first-order chi connectivity index (χ1) is 14.1. The number of anilines is 1. The molecule has 7 heteroatoms.